The highest BCUT2D eigenvalue weighted by Crippen LogP contribution is 2.29. The lowest BCUT2D eigenvalue weighted by Gasteiger charge is -2.24. The smallest absolute Gasteiger partial charge is 0.338 e. The van der Waals surface area contributed by atoms with Gasteiger partial charge in [0.2, 0.25) is 0 Å². The molecular formula is C25H20N2O5. The maximum Gasteiger partial charge on any atom is 0.338 e. The van der Waals surface area contributed by atoms with E-state index in [0.717, 1.165) is 11.1 Å². The highest BCUT2D eigenvalue weighted by Gasteiger charge is 2.36. The molecule has 2 heterocycles. The maximum absolute atomic E-state index is 12.5. The van der Waals surface area contributed by atoms with E-state index in [1.54, 1.807) is 31.2 Å². The van der Waals surface area contributed by atoms with Gasteiger partial charge in [-0.15, -0.1) is 6.42 Å². The van der Waals surface area contributed by atoms with Crippen molar-refractivity contribution >= 4 is 5.97 Å². The summed E-state index contributed by atoms with van der Waals surface area (Å²) in [7, 11) is 0. The van der Waals surface area contributed by atoms with Crippen LogP contribution in [0.2, 0.25) is 0 Å². The molecule has 2 aromatic carbocycles. The normalized spacial score (nSPS) is 19.4. The predicted octanol–water partition coefficient (Wildman–Crippen LogP) is 2.83. The Balaban J connectivity index is 1.44. The first kappa shape index (κ1) is 21.1. The summed E-state index contributed by atoms with van der Waals surface area (Å²) in [5.41, 5.74) is 0.333. The first-order valence-electron chi connectivity index (χ1n) is 9.90. The van der Waals surface area contributed by atoms with Crippen LogP contribution in [-0.2, 0) is 9.47 Å². The molecule has 1 aliphatic heterocycles. The van der Waals surface area contributed by atoms with Crippen LogP contribution >= 0.6 is 0 Å². The number of hydrogen-bond donors (Lipinski definition) is 1. The van der Waals surface area contributed by atoms with Crippen LogP contribution in [0.4, 0.5) is 0 Å². The second-order valence-corrected chi connectivity index (χ2v) is 7.40. The van der Waals surface area contributed by atoms with E-state index in [2.05, 4.69) is 10.9 Å². The number of esters is 1. The molecule has 2 unspecified atom stereocenters. The second kappa shape index (κ2) is 8.53. The minimum Gasteiger partial charge on any atom is -0.458 e. The number of aromatic nitrogens is 2. The Labute approximate surface area is 183 Å². The van der Waals surface area contributed by atoms with Crippen molar-refractivity contribution in [2.75, 3.05) is 6.61 Å². The van der Waals surface area contributed by atoms with Crippen LogP contribution in [0.5, 0.6) is 0 Å². The van der Waals surface area contributed by atoms with Crippen molar-refractivity contribution in [1.29, 1.82) is 0 Å². The van der Waals surface area contributed by atoms with Crippen LogP contribution in [-0.4, -0.2) is 27.7 Å². The fourth-order valence-corrected chi connectivity index (χ4v) is 3.35. The van der Waals surface area contributed by atoms with Gasteiger partial charge in [0.1, 0.15) is 6.61 Å². The Morgan fingerprint density at radius 1 is 1.16 bits per heavy atom. The largest absolute Gasteiger partial charge is 0.458 e. The summed E-state index contributed by atoms with van der Waals surface area (Å²) in [6.45, 7) is 1.35. The Morgan fingerprint density at radius 3 is 2.53 bits per heavy atom. The molecule has 0 saturated carbocycles. The van der Waals surface area contributed by atoms with Crippen molar-refractivity contribution in [3.05, 3.63) is 105 Å². The Bertz CT molecular complexity index is 1330. The standard InChI is InChI=1S/C25H20N2O5/c1-3-25(14-13-21(32-25)27-15-17(2)22(28)26-24(27)30)16-31-23(29)20-11-9-19(10-12-20)18-7-5-4-6-8-18/h1,4-15,21H,16H2,2H3,(H,26,28,30). The Hall–Kier alpha value is -4.15. The molecular weight excluding hydrogens is 408 g/mol. The summed E-state index contributed by atoms with van der Waals surface area (Å²) >= 11 is 0. The molecule has 160 valence electrons. The first-order chi connectivity index (χ1) is 15.4. The molecule has 1 N–H and O–H groups in total. The van der Waals surface area contributed by atoms with Crippen molar-refractivity contribution < 1.29 is 14.3 Å². The molecule has 0 aliphatic carbocycles. The van der Waals surface area contributed by atoms with E-state index in [1.165, 1.54) is 10.8 Å². The van der Waals surface area contributed by atoms with Crippen molar-refractivity contribution in [2.24, 2.45) is 0 Å². The summed E-state index contributed by atoms with van der Waals surface area (Å²) < 4.78 is 12.5. The number of aryl methyl sites for hydroxylation is 1. The van der Waals surface area contributed by atoms with E-state index in [0.29, 0.717) is 11.1 Å². The number of nitrogens with one attached hydrogen (secondary N) is 1. The summed E-state index contributed by atoms with van der Waals surface area (Å²) in [5, 5.41) is 0. The molecule has 1 aromatic heterocycles. The molecule has 0 bridgehead atoms. The molecule has 0 amide bonds. The monoisotopic (exact) mass is 428 g/mol. The summed E-state index contributed by atoms with van der Waals surface area (Å²) in [6, 6.07) is 16.9. The van der Waals surface area contributed by atoms with Gasteiger partial charge in [-0.3, -0.25) is 14.3 Å². The lowest BCUT2D eigenvalue weighted by atomic mass is 10.0. The molecule has 3 aromatic rings. The van der Waals surface area contributed by atoms with Gasteiger partial charge in [0.25, 0.3) is 5.56 Å². The molecule has 0 saturated heterocycles. The van der Waals surface area contributed by atoms with Crippen molar-refractivity contribution in [3.63, 3.8) is 0 Å². The number of terminal acetylenes is 1. The fraction of sp³-hybridized carbons (Fsp3) is 0.160. The average molecular weight is 428 g/mol. The van der Waals surface area contributed by atoms with Gasteiger partial charge in [-0.05, 0) is 42.3 Å². The summed E-state index contributed by atoms with van der Waals surface area (Å²) in [4.78, 5) is 38.5. The minimum atomic E-state index is -1.33. The lowest BCUT2D eigenvalue weighted by Crippen LogP contribution is -2.37. The predicted molar refractivity (Wildman–Crippen MR) is 119 cm³/mol. The van der Waals surface area contributed by atoms with Crippen LogP contribution in [0.15, 0.2) is 82.5 Å². The number of rotatable bonds is 5. The van der Waals surface area contributed by atoms with Gasteiger partial charge in [-0.2, -0.15) is 0 Å². The van der Waals surface area contributed by atoms with Crippen LogP contribution in [0, 0.1) is 19.3 Å². The SMILES string of the molecule is C#CC1(COC(=O)c2ccc(-c3ccccc3)cc2)C=CC(n2cc(C)c(=O)[nH]c2=O)O1. The molecule has 4 rings (SSSR count). The van der Waals surface area contributed by atoms with E-state index in [1.807, 2.05) is 42.5 Å². The number of aromatic amines is 1. The van der Waals surface area contributed by atoms with Gasteiger partial charge in [-0.1, -0.05) is 48.4 Å². The molecule has 32 heavy (non-hydrogen) atoms. The number of nitrogens with zero attached hydrogens (tertiary/aromatic N) is 1. The topological polar surface area (TPSA) is 90.4 Å². The van der Waals surface area contributed by atoms with Gasteiger partial charge >= 0.3 is 11.7 Å². The number of hydrogen-bond acceptors (Lipinski definition) is 5. The molecule has 1 aliphatic rings. The average Bonchev–Trinajstić information content (AvgIpc) is 3.25. The van der Waals surface area contributed by atoms with Gasteiger partial charge in [0.15, 0.2) is 11.8 Å². The summed E-state index contributed by atoms with van der Waals surface area (Å²) in [6.07, 6.45) is 9.35. The maximum atomic E-state index is 12.5. The molecule has 7 heteroatoms. The fourth-order valence-electron chi connectivity index (χ4n) is 3.35. The van der Waals surface area contributed by atoms with Crippen molar-refractivity contribution in [1.82, 2.24) is 9.55 Å². The zero-order valence-electron chi connectivity index (χ0n) is 17.3. The molecule has 0 spiro atoms. The third kappa shape index (κ3) is 4.17. The third-order valence-electron chi connectivity index (χ3n) is 5.17. The molecule has 0 radical (unpaired) electrons. The van der Waals surface area contributed by atoms with Crippen LogP contribution in [0.25, 0.3) is 11.1 Å². The Kier molecular flexibility index (Phi) is 5.63. The highest BCUT2D eigenvalue weighted by molar-refractivity contribution is 5.90. The van der Waals surface area contributed by atoms with Crippen molar-refractivity contribution in [3.8, 4) is 23.5 Å². The van der Waals surface area contributed by atoms with Crippen LogP contribution in [0.3, 0.4) is 0 Å². The zero-order valence-corrected chi connectivity index (χ0v) is 17.3. The highest BCUT2D eigenvalue weighted by atomic mass is 16.6. The number of carbonyl (C=O) groups excluding carboxylic acids is 1. The first-order valence-corrected chi connectivity index (χ1v) is 9.90. The quantitative estimate of drug-likeness (QED) is 0.383. The summed E-state index contributed by atoms with van der Waals surface area (Å²) in [5.74, 6) is 1.94. The van der Waals surface area contributed by atoms with E-state index in [-0.39, 0.29) is 6.61 Å². The molecule has 0 fully saturated rings. The lowest BCUT2D eigenvalue weighted by molar-refractivity contribution is -0.0574. The van der Waals surface area contributed by atoms with Gasteiger partial charge in [0.05, 0.1) is 5.56 Å². The van der Waals surface area contributed by atoms with Gasteiger partial charge in [-0.25, -0.2) is 9.59 Å². The van der Waals surface area contributed by atoms with Crippen LogP contribution in [0.1, 0.15) is 22.1 Å². The van der Waals surface area contributed by atoms with Crippen LogP contribution < -0.4 is 11.2 Å². The number of carbonyl (C=O) groups is 1. The Morgan fingerprint density at radius 2 is 1.84 bits per heavy atom. The molecule has 7 nitrogen and oxygen atoms in total. The minimum absolute atomic E-state index is 0.229. The molecule has 2 atom stereocenters. The number of ether oxygens (including phenoxy) is 2. The van der Waals surface area contributed by atoms with E-state index < -0.39 is 29.0 Å². The number of benzene rings is 2. The van der Waals surface area contributed by atoms with Gasteiger partial charge < -0.3 is 9.47 Å². The number of H-pyrrole nitrogens is 1. The van der Waals surface area contributed by atoms with E-state index in [9.17, 15) is 14.4 Å². The second-order valence-electron chi connectivity index (χ2n) is 7.40. The van der Waals surface area contributed by atoms with E-state index >= 15 is 0 Å². The third-order valence-corrected chi connectivity index (χ3v) is 5.17. The van der Waals surface area contributed by atoms with Gasteiger partial charge in [0, 0.05) is 11.8 Å². The van der Waals surface area contributed by atoms with E-state index in [4.69, 9.17) is 15.9 Å². The zero-order chi connectivity index (χ0) is 22.7. The van der Waals surface area contributed by atoms with Crippen molar-refractivity contribution in [2.45, 2.75) is 18.8 Å².